The Morgan fingerprint density at radius 1 is 2.00 bits per heavy atom. The Balaban J connectivity index is 3.91. The van der Waals surface area contributed by atoms with E-state index in [1.54, 1.807) is 0 Å². The second-order valence-electron chi connectivity index (χ2n) is 1.72. The Morgan fingerprint density at radius 2 is 2.38 bits per heavy atom. The molecule has 3 N–H and O–H groups in total. The maximum Gasteiger partial charge on any atom is 0.257 e. The number of primary amides is 1. The Labute approximate surface area is 46.3 Å². The molecule has 3 nitrogen and oxygen atoms in total. The topological polar surface area (TPSA) is 63.3 Å². The Hall–Kier alpha value is -0.640. The van der Waals surface area contributed by atoms with Gasteiger partial charge >= 0.3 is 0 Å². The van der Waals surface area contributed by atoms with Crippen molar-refractivity contribution in [2.75, 3.05) is 6.61 Å². The average molecular weight is 121 g/mol. The molecule has 48 valence electrons. The fraction of sp³-hybridized carbons (Fsp3) is 0.750. The van der Waals surface area contributed by atoms with Gasteiger partial charge in [-0.1, -0.05) is 0 Å². The van der Waals surface area contributed by atoms with E-state index < -0.39 is 18.2 Å². The lowest BCUT2D eigenvalue weighted by Crippen LogP contribution is -2.39. The third-order valence-corrected chi connectivity index (χ3v) is 0.811. The third-order valence-electron chi connectivity index (χ3n) is 0.811. The SMILES string of the molecule is CC(F)(CO)C(N)=O. The molecule has 0 saturated carbocycles. The smallest absolute Gasteiger partial charge is 0.257 e. The molecule has 0 aliphatic carbocycles. The molecule has 0 aromatic heterocycles. The summed E-state index contributed by atoms with van der Waals surface area (Å²) in [5.41, 5.74) is 2.24. The Kier molecular flexibility index (Phi) is 1.92. The molecular weight excluding hydrogens is 113 g/mol. The molecule has 0 saturated heterocycles. The van der Waals surface area contributed by atoms with Crippen LogP contribution in [0, 0.1) is 0 Å². The molecule has 0 spiro atoms. The lowest BCUT2D eigenvalue weighted by Gasteiger charge is -2.10. The van der Waals surface area contributed by atoms with Crippen LogP contribution in [0.15, 0.2) is 0 Å². The predicted molar refractivity (Wildman–Crippen MR) is 25.8 cm³/mol. The number of rotatable bonds is 2. The van der Waals surface area contributed by atoms with Crippen molar-refractivity contribution < 1.29 is 14.3 Å². The van der Waals surface area contributed by atoms with E-state index in [0.717, 1.165) is 6.92 Å². The Bertz CT molecular complexity index is 102. The van der Waals surface area contributed by atoms with E-state index in [1.807, 2.05) is 0 Å². The van der Waals surface area contributed by atoms with Gasteiger partial charge in [0.15, 0.2) is 0 Å². The van der Waals surface area contributed by atoms with Crippen LogP contribution in [0.3, 0.4) is 0 Å². The minimum absolute atomic E-state index is 0.859. The zero-order valence-electron chi connectivity index (χ0n) is 4.52. The Morgan fingerprint density at radius 3 is 2.38 bits per heavy atom. The standard InChI is InChI=1S/C4H8FNO2/c1-4(5,2-7)3(6)8/h7H,2H2,1H3,(H2,6,8). The van der Waals surface area contributed by atoms with Crippen LogP contribution in [-0.2, 0) is 4.79 Å². The summed E-state index contributed by atoms with van der Waals surface area (Å²) in [6, 6.07) is 0. The summed E-state index contributed by atoms with van der Waals surface area (Å²) >= 11 is 0. The second kappa shape index (κ2) is 2.09. The molecule has 1 amide bonds. The number of aliphatic hydroxyl groups excluding tert-OH is 1. The van der Waals surface area contributed by atoms with Gasteiger partial charge in [-0.2, -0.15) is 0 Å². The first-order chi connectivity index (χ1) is 3.50. The summed E-state index contributed by atoms with van der Waals surface area (Å²) < 4.78 is 12.2. The molecule has 0 aromatic carbocycles. The highest BCUT2D eigenvalue weighted by Crippen LogP contribution is 2.05. The van der Waals surface area contributed by atoms with Gasteiger partial charge in [0.25, 0.3) is 5.91 Å². The summed E-state index contributed by atoms with van der Waals surface area (Å²) in [5, 5.41) is 8.09. The normalized spacial score (nSPS) is 17.4. The van der Waals surface area contributed by atoms with Gasteiger partial charge in [-0.3, -0.25) is 4.79 Å². The molecule has 0 bridgehead atoms. The molecule has 8 heavy (non-hydrogen) atoms. The van der Waals surface area contributed by atoms with Crippen molar-refractivity contribution in [3.8, 4) is 0 Å². The predicted octanol–water partition coefficient (Wildman–Crippen LogP) is -0.808. The number of carbonyl (C=O) groups is 1. The monoisotopic (exact) mass is 121 g/mol. The molecule has 0 radical (unpaired) electrons. The summed E-state index contributed by atoms with van der Waals surface area (Å²) in [6.45, 7) is 0.0671. The van der Waals surface area contributed by atoms with Gasteiger partial charge in [-0.05, 0) is 6.92 Å². The zero-order valence-corrected chi connectivity index (χ0v) is 4.52. The molecule has 0 aromatic rings. The zero-order chi connectivity index (χ0) is 6.78. The van der Waals surface area contributed by atoms with E-state index in [2.05, 4.69) is 5.73 Å². The van der Waals surface area contributed by atoms with Gasteiger partial charge in [0, 0.05) is 0 Å². The molecule has 0 heterocycles. The maximum atomic E-state index is 12.2. The highest BCUT2D eigenvalue weighted by atomic mass is 19.1. The highest BCUT2D eigenvalue weighted by molar-refractivity contribution is 5.82. The van der Waals surface area contributed by atoms with Crippen molar-refractivity contribution in [1.29, 1.82) is 0 Å². The van der Waals surface area contributed by atoms with E-state index >= 15 is 0 Å². The number of amides is 1. The van der Waals surface area contributed by atoms with Gasteiger partial charge < -0.3 is 10.8 Å². The van der Waals surface area contributed by atoms with Crippen LogP contribution in [0.4, 0.5) is 4.39 Å². The van der Waals surface area contributed by atoms with Crippen molar-refractivity contribution in [2.45, 2.75) is 12.6 Å². The van der Waals surface area contributed by atoms with Crippen molar-refractivity contribution in [2.24, 2.45) is 5.73 Å². The molecule has 0 aliphatic rings. The molecule has 1 atom stereocenters. The van der Waals surface area contributed by atoms with Crippen molar-refractivity contribution >= 4 is 5.91 Å². The largest absolute Gasteiger partial charge is 0.392 e. The average Bonchev–Trinajstić information content (AvgIpc) is 1.67. The van der Waals surface area contributed by atoms with E-state index in [1.165, 1.54) is 0 Å². The first kappa shape index (κ1) is 7.36. The van der Waals surface area contributed by atoms with Crippen LogP contribution >= 0.6 is 0 Å². The number of hydrogen-bond acceptors (Lipinski definition) is 2. The van der Waals surface area contributed by atoms with Gasteiger partial charge in [0.1, 0.15) is 0 Å². The van der Waals surface area contributed by atoms with E-state index in [-0.39, 0.29) is 0 Å². The number of nitrogens with two attached hydrogens (primary N) is 1. The lowest BCUT2D eigenvalue weighted by atomic mass is 10.1. The highest BCUT2D eigenvalue weighted by Gasteiger charge is 2.28. The minimum Gasteiger partial charge on any atom is -0.392 e. The number of halogens is 1. The minimum atomic E-state index is -2.26. The van der Waals surface area contributed by atoms with Gasteiger partial charge in [0.2, 0.25) is 5.67 Å². The number of carbonyl (C=O) groups excluding carboxylic acids is 1. The summed E-state index contributed by atoms with van der Waals surface area (Å²) in [5.74, 6) is -1.14. The van der Waals surface area contributed by atoms with Crippen LogP contribution < -0.4 is 5.73 Å². The van der Waals surface area contributed by atoms with Gasteiger partial charge in [0.05, 0.1) is 6.61 Å². The third kappa shape index (κ3) is 1.46. The van der Waals surface area contributed by atoms with Crippen LogP contribution in [-0.4, -0.2) is 23.3 Å². The van der Waals surface area contributed by atoms with Crippen molar-refractivity contribution in [3.63, 3.8) is 0 Å². The van der Waals surface area contributed by atoms with E-state index in [4.69, 9.17) is 5.11 Å². The van der Waals surface area contributed by atoms with Crippen LogP contribution in [0.5, 0.6) is 0 Å². The molecule has 4 heteroatoms. The molecule has 0 fully saturated rings. The van der Waals surface area contributed by atoms with Crippen molar-refractivity contribution in [1.82, 2.24) is 0 Å². The summed E-state index contributed by atoms with van der Waals surface area (Å²) in [6.07, 6.45) is 0. The first-order valence-corrected chi connectivity index (χ1v) is 2.10. The second-order valence-corrected chi connectivity index (χ2v) is 1.72. The molecule has 0 aliphatic heterocycles. The lowest BCUT2D eigenvalue weighted by molar-refractivity contribution is -0.130. The van der Waals surface area contributed by atoms with E-state index in [0.29, 0.717) is 0 Å². The fourth-order valence-electron chi connectivity index (χ4n) is 0.0779. The first-order valence-electron chi connectivity index (χ1n) is 2.10. The molecule has 1 unspecified atom stereocenters. The van der Waals surface area contributed by atoms with Crippen LogP contribution in [0.25, 0.3) is 0 Å². The number of alkyl halides is 1. The van der Waals surface area contributed by atoms with Gasteiger partial charge in [-0.25, -0.2) is 4.39 Å². The molecular formula is C4H8FNO2. The van der Waals surface area contributed by atoms with Crippen LogP contribution in [0.1, 0.15) is 6.92 Å². The van der Waals surface area contributed by atoms with Crippen LogP contribution in [0.2, 0.25) is 0 Å². The van der Waals surface area contributed by atoms with Gasteiger partial charge in [-0.15, -0.1) is 0 Å². The van der Waals surface area contributed by atoms with E-state index in [9.17, 15) is 9.18 Å². The number of aliphatic hydroxyl groups is 1. The maximum absolute atomic E-state index is 12.2. The summed E-state index contributed by atoms with van der Waals surface area (Å²) in [4.78, 5) is 9.94. The quantitative estimate of drug-likeness (QED) is 0.502. The van der Waals surface area contributed by atoms with Crippen molar-refractivity contribution in [3.05, 3.63) is 0 Å². The fourth-order valence-corrected chi connectivity index (χ4v) is 0.0779. The molecule has 0 rings (SSSR count). The summed E-state index contributed by atoms with van der Waals surface area (Å²) in [7, 11) is 0. The number of hydrogen-bond donors (Lipinski definition) is 2.